The van der Waals surface area contributed by atoms with Gasteiger partial charge < -0.3 is 10.5 Å². The van der Waals surface area contributed by atoms with E-state index in [4.69, 9.17) is 10.5 Å². The Balaban J connectivity index is 2.07. The first-order valence-corrected chi connectivity index (χ1v) is 6.27. The summed E-state index contributed by atoms with van der Waals surface area (Å²) in [6.07, 6.45) is 4.64. The highest BCUT2D eigenvalue weighted by Crippen LogP contribution is 2.31. The van der Waals surface area contributed by atoms with E-state index < -0.39 is 4.92 Å². The van der Waals surface area contributed by atoms with Crippen LogP contribution in [0, 0.1) is 16.0 Å². The van der Waals surface area contributed by atoms with Gasteiger partial charge in [-0.15, -0.1) is 0 Å². The molecule has 2 N–H and O–H groups in total. The summed E-state index contributed by atoms with van der Waals surface area (Å²) in [7, 11) is 0. The van der Waals surface area contributed by atoms with Crippen molar-refractivity contribution >= 4 is 11.4 Å². The Bertz CT molecular complexity index is 448. The Morgan fingerprint density at radius 3 is 2.83 bits per heavy atom. The summed E-state index contributed by atoms with van der Waals surface area (Å²) >= 11 is 0. The first-order valence-electron chi connectivity index (χ1n) is 6.27. The summed E-state index contributed by atoms with van der Waals surface area (Å²) in [5, 5.41) is 10.6. The zero-order valence-electron chi connectivity index (χ0n) is 10.5. The second-order valence-electron chi connectivity index (χ2n) is 4.99. The van der Waals surface area contributed by atoms with Crippen molar-refractivity contribution < 1.29 is 9.66 Å². The third-order valence-electron chi connectivity index (χ3n) is 3.39. The molecule has 2 atom stereocenters. The van der Waals surface area contributed by atoms with E-state index in [1.165, 1.54) is 25.0 Å². The summed E-state index contributed by atoms with van der Waals surface area (Å²) in [6, 6.07) is 4.37. The van der Waals surface area contributed by atoms with E-state index in [9.17, 15) is 10.1 Å². The minimum Gasteiger partial charge on any atom is -0.488 e. The van der Waals surface area contributed by atoms with Gasteiger partial charge in [0.25, 0.3) is 5.69 Å². The fraction of sp³-hybridized carbons (Fsp3) is 0.538. The number of non-ortho nitro benzene ring substituents is 1. The molecule has 5 nitrogen and oxygen atoms in total. The molecular weight excluding hydrogens is 232 g/mol. The van der Waals surface area contributed by atoms with Gasteiger partial charge in [-0.25, -0.2) is 0 Å². The minimum absolute atomic E-state index is 0.00291. The molecular formula is C13H18N2O3. The van der Waals surface area contributed by atoms with Crippen LogP contribution in [0.5, 0.6) is 5.75 Å². The van der Waals surface area contributed by atoms with E-state index in [-0.39, 0.29) is 11.8 Å². The summed E-state index contributed by atoms with van der Waals surface area (Å²) in [5.74, 6) is 1.22. The predicted octanol–water partition coefficient (Wildman–Crippen LogP) is 3.13. The zero-order valence-corrected chi connectivity index (χ0v) is 10.5. The second-order valence-corrected chi connectivity index (χ2v) is 4.99. The van der Waals surface area contributed by atoms with Crippen molar-refractivity contribution in [1.29, 1.82) is 0 Å². The lowest BCUT2D eigenvalue weighted by molar-refractivity contribution is -0.384. The maximum Gasteiger partial charge on any atom is 0.271 e. The van der Waals surface area contributed by atoms with Crippen LogP contribution in [0.4, 0.5) is 11.4 Å². The number of hydrogen-bond acceptors (Lipinski definition) is 4. The van der Waals surface area contributed by atoms with Crippen molar-refractivity contribution in [2.75, 3.05) is 5.73 Å². The first kappa shape index (κ1) is 12.7. The summed E-state index contributed by atoms with van der Waals surface area (Å²) < 4.78 is 5.84. The van der Waals surface area contributed by atoms with Crippen molar-refractivity contribution in [3.8, 4) is 5.75 Å². The quantitative estimate of drug-likeness (QED) is 0.508. The number of nitro benzene ring substituents is 1. The van der Waals surface area contributed by atoms with Crippen molar-refractivity contribution in [2.45, 2.75) is 38.7 Å². The van der Waals surface area contributed by atoms with Crippen LogP contribution in [0.3, 0.4) is 0 Å². The Kier molecular flexibility index (Phi) is 3.69. The number of nitrogen functional groups attached to an aromatic ring is 1. The molecule has 5 heteroatoms. The highest BCUT2D eigenvalue weighted by molar-refractivity contribution is 5.58. The number of nitrogens with two attached hydrogens (primary N) is 1. The number of rotatable bonds is 3. The molecule has 0 aliphatic heterocycles. The normalized spacial score (nSPS) is 23.6. The van der Waals surface area contributed by atoms with Gasteiger partial charge in [-0.1, -0.05) is 13.3 Å². The van der Waals surface area contributed by atoms with Crippen LogP contribution in [-0.2, 0) is 0 Å². The SMILES string of the molecule is CC1CCCC(Oc2ccc([N+](=O)[O-])cc2N)C1. The van der Waals surface area contributed by atoms with Crippen LogP contribution in [-0.4, -0.2) is 11.0 Å². The molecule has 0 bridgehead atoms. The first-order chi connectivity index (χ1) is 8.56. The molecule has 1 aromatic carbocycles. The molecule has 98 valence electrons. The lowest BCUT2D eigenvalue weighted by Crippen LogP contribution is -2.24. The molecule has 0 aromatic heterocycles. The van der Waals surface area contributed by atoms with Gasteiger partial charge in [-0.2, -0.15) is 0 Å². The lowest BCUT2D eigenvalue weighted by Gasteiger charge is -2.27. The molecule has 0 amide bonds. The molecule has 1 saturated carbocycles. The summed E-state index contributed by atoms with van der Waals surface area (Å²) in [5.41, 5.74) is 6.11. The fourth-order valence-electron chi connectivity index (χ4n) is 2.42. The topological polar surface area (TPSA) is 78.4 Å². The number of benzene rings is 1. The fourth-order valence-corrected chi connectivity index (χ4v) is 2.42. The van der Waals surface area contributed by atoms with Crippen molar-refractivity contribution in [2.24, 2.45) is 5.92 Å². The van der Waals surface area contributed by atoms with Gasteiger partial charge in [0.15, 0.2) is 0 Å². The summed E-state index contributed by atoms with van der Waals surface area (Å²) in [4.78, 5) is 10.2. The number of anilines is 1. The van der Waals surface area contributed by atoms with Gasteiger partial charge in [0, 0.05) is 12.1 Å². The monoisotopic (exact) mass is 250 g/mol. The van der Waals surface area contributed by atoms with Crippen LogP contribution >= 0.6 is 0 Å². The second kappa shape index (κ2) is 5.25. The van der Waals surface area contributed by atoms with E-state index in [0.717, 1.165) is 12.8 Å². The minimum atomic E-state index is -0.456. The van der Waals surface area contributed by atoms with Crippen LogP contribution in [0.25, 0.3) is 0 Å². The standard InChI is InChI=1S/C13H18N2O3/c1-9-3-2-4-11(7-9)18-13-6-5-10(15(16)17)8-12(13)14/h5-6,8-9,11H,2-4,7,14H2,1H3. The van der Waals surface area contributed by atoms with E-state index in [2.05, 4.69) is 6.92 Å². The third kappa shape index (κ3) is 2.91. The van der Waals surface area contributed by atoms with Crippen LogP contribution in [0.15, 0.2) is 18.2 Å². The van der Waals surface area contributed by atoms with Gasteiger partial charge in [0.1, 0.15) is 5.75 Å². The highest BCUT2D eigenvalue weighted by Gasteiger charge is 2.21. The van der Waals surface area contributed by atoms with Crippen LogP contribution in [0.2, 0.25) is 0 Å². The van der Waals surface area contributed by atoms with E-state index in [1.807, 2.05) is 0 Å². The van der Waals surface area contributed by atoms with Crippen molar-refractivity contribution in [1.82, 2.24) is 0 Å². The average molecular weight is 250 g/mol. The Morgan fingerprint density at radius 2 is 2.22 bits per heavy atom. The number of hydrogen-bond donors (Lipinski definition) is 1. The van der Waals surface area contributed by atoms with Crippen molar-refractivity contribution in [3.05, 3.63) is 28.3 Å². The Morgan fingerprint density at radius 1 is 1.44 bits per heavy atom. The Labute approximate surface area is 106 Å². The molecule has 2 rings (SSSR count). The molecule has 1 aliphatic rings. The van der Waals surface area contributed by atoms with Crippen LogP contribution < -0.4 is 10.5 Å². The van der Waals surface area contributed by atoms with E-state index >= 15 is 0 Å². The maximum atomic E-state index is 10.6. The largest absolute Gasteiger partial charge is 0.488 e. The molecule has 0 radical (unpaired) electrons. The lowest BCUT2D eigenvalue weighted by atomic mass is 9.89. The number of ether oxygens (including phenoxy) is 1. The smallest absolute Gasteiger partial charge is 0.271 e. The third-order valence-corrected chi connectivity index (χ3v) is 3.39. The molecule has 1 fully saturated rings. The van der Waals surface area contributed by atoms with Gasteiger partial charge >= 0.3 is 0 Å². The molecule has 2 unspecified atom stereocenters. The number of nitrogens with zero attached hydrogens (tertiary/aromatic N) is 1. The average Bonchev–Trinajstić information content (AvgIpc) is 2.31. The number of nitro groups is 1. The van der Waals surface area contributed by atoms with Gasteiger partial charge in [-0.3, -0.25) is 10.1 Å². The highest BCUT2D eigenvalue weighted by atomic mass is 16.6. The summed E-state index contributed by atoms with van der Waals surface area (Å²) in [6.45, 7) is 2.22. The zero-order chi connectivity index (χ0) is 13.1. The molecule has 18 heavy (non-hydrogen) atoms. The van der Waals surface area contributed by atoms with Crippen molar-refractivity contribution in [3.63, 3.8) is 0 Å². The maximum absolute atomic E-state index is 10.6. The molecule has 0 spiro atoms. The molecule has 1 aliphatic carbocycles. The molecule has 0 heterocycles. The van der Waals surface area contributed by atoms with E-state index in [1.54, 1.807) is 6.07 Å². The van der Waals surface area contributed by atoms with Gasteiger partial charge in [0.2, 0.25) is 0 Å². The predicted molar refractivity (Wildman–Crippen MR) is 69.6 cm³/mol. The molecule has 0 saturated heterocycles. The Hall–Kier alpha value is -1.78. The van der Waals surface area contributed by atoms with Gasteiger partial charge in [0.05, 0.1) is 16.7 Å². The molecule has 1 aromatic rings. The van der Waals surface area contributed by atoms with Gasteiger partial charge in [-0.05, 0) is 31.2 Å². The van der Waals surface area contributed by atoms with Crippen LogP contribution in [0.1, 0.15) is 32.6 Å². The van der Waals surface area contributed by atoms with E-state index in [0.29, 0.717) is 17.4 Å².